The highest BCUT2D eigenvalue weighted by atomic mass is 32.3. The zero-order chi connectivity index (χ0) is 13.2. The second-order valence-electron chi connectivity index (χ2n) is 2.89. The summed E-state index contributed by atoms with van der Waals surface area (Å²) < 4.78 is 85.3. The second kappa shape index (κ2) is 4.93. The molecule has 0 aliphatic heterocycles. The number of hydrogen-bond donors (Lipinski definition) is 3. The van der Waals surface area contributed by atoms with Crippen LogP contribution in [-0.4, -0.2) is 49.2 Å². The van der Waals surface area contributed by atoms with E-state index < -0.39 is 53.5 Å². The standard InChI is InChI=1S/C4H10O9S3/c5-14(6,7)3-1-2-4(15(8,9)10)16(11,12)13/h4H,1-3H2,(H,5,6,7)(H,8,9,10)(H,11,12,13). The van der Waals surface area contributed by atoms with Crippen molar-refractivity contribution < 1.29 is 38.9 Å². The normalized spacial score (nSPS) is 14.2. The molecular formula is C4H10O9S3. The monoisotopic (exact) mass is 298 g/mol. The van der Waals surface area contributed by atoms with Gasteiger partial charge in [0.2, 0.25) is 4.58 Å². The minimum Gasteiger partial charge on any atom is -0.286 e. The van der Waals surface area contributed by atoms with E-state index in [-0.39, 0.29) is 0 Å². The fourth-order valence-electron chi connectivity index (χ4n) is 0.884. The number of hydrogen-bond acceptors (Lipinski definition) is 6. The van der Waals surface area contributed by atoms with E-state index in [9.17, 15) is 25.3 Å². The first kappa shape index (κ1) is 15.7. The summed E-state index contributed by atoms with van der Waals surface area (Å²) in [6.45, 7) is 0. The summed E-state index contributed by atoms with van der Waals surface area (Å²) in [6, 6.07) is 0. The first-order valence-corrected chi connectivity index (χ1v) is 8.33. The van der Waals surface area contributed by atoms with Crippen LogP contribution in [0.5, 0.6) is 0 Å². The van der Waals surface area contributed by atoms with Gasteiger partial charge in [0.1, 0.15) is 0 Å². The summed E-state index contributed by atoms with van der Waals surface area (Å²) in [6.07, 6.45) is -1.40. The molecule has 9 nitrogen and oxygen atoms in total. The van der Waals surface area contributed by atoms with E-state index in [0.29, 0.717) is 0 Å². The fourth-order valence-corrected chi connectivity index (χ4v) is 3.57. The van der Waals surface area contributed by atoms with Gasteiger partial charge in [0.25, 0.3) is 30.4 Å². The fraction of sp³-hybridized carbons (Fsp3) is 1.00. The Morgan fingerprint density at radius 3 is 1.44 bits per heavy atom. The van der Waals surface area contributed by atoms with Crippen molar-refractivity contribution in [2.45, 2.75) is 17.4 Å². The predicted molar refractivity (Wildman–Crippen MR) is 52.5 cm³/mol. The van der Waals surface area contributed by atoms with E-state index in [1.165, 1.54) is 0 Å². The Morgan fingerprint density at radius 1 is 0.812 bits per heavy atom. The van der Waals surface area contributed by atoms with Crippen LogP contribution in [0.2, 0.25) is 0 Å². The van der Waals surface area contributed by atoms with Gasteiger partial charge in [-0.3, -0.25) is 13.7 Å². The molecular weight excluding hydrogens is 288 g/mol. The van der Waals surface area contributed by atoms with Gasteiger partial charge in [-0.1, -0.05) is 0 Å². The molecule has 0 heterocycles. The molecule has 0 atom stereocenters. The van der Waals surface area contributed by atoms with Gasteiger partial charge >= 0.3 is 0 Å². The SMILES string of the molecule is O=S(=O)(O)CCCC(S(=O)(=O)O)S(=O)(=O)O. The van der Waals surface area contributed by atoms with Gasteiger partial charge in [0.05, 0.1) is 5.75 Å². The van der Waals surface area contributed by atoms with Crippen LogP contribution in [0.25, 0.3) is 0 Å². The maximum Gasteiger partial charge on any atom is 0.284 e. The van der Waals surface area contributed by atoms with Gasteiger partial charge in [-0.05, 0) is 12.8 Å². The van der Waals surface area contributed by atoms with Crippen molar-refractivity contribution in [2.75, 3.05) is 5.75 Å². The summed E-state index contributed by atoms with van der Waals surface area (Å²) in [5.74, 6) is -0.880. The van der Waals surface area contributed by atoms with E-state index >= 15 is 0 Å². The molecule has 0 fully saturated rings. The van der Waals surface area contributed by atoms with Crippen molar-refractivity contribution in [2.24, 2.45) is 0 Å². The summed E-state index contributed by atoms with van der Waals surface area (Å²) in [5.41, 5.74) is 0. The Kier molecular flexibility index (Phi) is 4.85. The lowest BCUT2D eigenvalue weighted by Crippen LogP contribution is -2.30. The molecule has 98 valence electrons. The summed E-state index contributed by atoms with van der Waals surface area (Å²) in [7, 11) is -14.5. The molecule has 12 heteroatoms. The molecule has 0 aliphatic rings. The third-order valence-corrected chi connectivity index (χ3v) is 5.57. The largest absolute Gasteiger partial charge is 0.286 e. The van der Waals surface area contributed by atoms with Crippen molar-refractivity contribution >= 4 is 30.4 Å². The molecule has 0 aromatic rings. The third-order valence-electron chi connectivity index (χ3n) is 1.51. The molecule has 0 spiro atoms. The highest BCUT2D eigenvalue weighted by Crippen LogP contribution is 2.14. The molecule has 0 saturated heterocycles. The van der Waals surface area contributed by atoms with Gasteiger partial charge in [0, 0.05) is 0 Å². The first-order valence-electron chi connectivity index (χ1n) is 3.72. The van der Waals surface area contributed by atoms with Gasteiger partial charge in [-0.15, -0.1) is 0 Å². The Labute approximate surface area is 92.7 Å². The molecule has 0 aromatic heterocycles. The average Bonchev–Trinajstić information content (AvgIpc) is 1.90. The predicted octanol–water partition coefficient (Wildman–Crippen LogP) is -1.24. The lowest BCUT2D eigenvalue weighted by Gasteiger charge is -2.09. The lowest BCUT2D eigenvalue weighted by atomic mass is 10.4. The molecule has 0 rings (SSSR count). The second-order valence-corrected chi connectivity index (χ2v) is 7.96. The van der Waals surface area contributed by atoms with Crippen LogP contribution in [0.15, 0.2) is 0 Å². The van der Waals surface area contributed by atoms with E-state index in [0.717, 1.165) is 0 Å². The highest BCUT2D eigenvalue weighted by Gasteiger charge is 2.35. The molecule has 0 bridgehead atoms. The van der Waals surface area contributed by atoms with Crippen molar-refractivity contribution in [1.82, 2.24) is 0 Å². The van der Waals surface area contributed by atoms with Crippen LogP contribution in [0.1, 0.15) is 12.8 Å². The van der Waals surface area contributed by atoms with E-state index in [1.54, 1.807) is 0 Å². The quantitative estimate of drug-likeness (QED) is 0.508. The Bertz CT molecular complexity index is 491. The topological polar surface area (TPSA) is 163 Å². The average molecular weight is 298 g/mol. The highest BCUT2D eigenvalue weighted by molar-refractivity contribution is 8.03. The van der Waals surface area contributed by atoms with E-state index in [1.807, 2.05) is 0 Å². The van der Waals surface area contributed by atoms with Crippen LogP contribution < -0.4 is 0 Å². The smallest absolute Gasteiger partial charge is 0.284 e. The molecule has 0 aliphatic carbocycles. The Hall–Kier alpha value is -0.270. The maximum atomic E-state index is 10.5. The van der Waals surface area contributed by atoms with Crippen LogP contribution >= 0.6 is 0 Å². The van der Waals surface area contributed by atoms with Crippen LogP contribution in [-0.2, 0) is 30.4 Å². The molecule has 3 N–H and O–H groups in total. The molecule has 0 radical (unpaired) electrons. The zero-order valence-corrected chi connectivity index (χ0v) is 10.2. The van der Waals surface area contributed by atoms with Gasteiger partial charge in [0.15, 0.2) is 0 Å². The summed E-state index contributed by atoms with van der Waals surface area (Å²) in [4.78, 5) is 0. The molecule has 16 heavy (non-hydrogen) atoms. The summed E-state index contributed by atoms with van der Waals surface area (Å²) in [5, 5.41) is 0. The minimum atomic E-state index is -5.05. The van der Waals surface area contributed by atoms with Crippen molar-refractivity contribution in [3.8, 4) is 0 Å². The lowest BCUT2D eigenvalue weighted by molar-refractivity contribution is 0.446. The minimum absolute atomic E-state index is 0.552. The third kappa shape index (κ3) is 6.34. The van der Waals surface area contributed by atoms with Gasteiger partial charge in [-0.2, -0.15) is 25.3 Å². The van der Waals surface area contributed by atoms with Crippen molar-refractivity contribution in [3.63, 3.8) is 0 Å². The molecule has 0 unspecified atom stereocenters. The number of rotatable bonds is 6. The first-order chi connectivity index (χ1) is 6.84. The zero-order valence-electron chi connectivity index (χ0n) is 7.71. The molecule has 0 aromatic carbocycles. The van der Waals surface area contributed by atoms with E-state index in [4.69, 9.17) is 13.7 Å². The van der Waals surface area contributed by atoms with Crippen molar-refractivity contribution in [1.29, 1.82) is 0 Å². The Morgan fingerprint density at radius 2 is 1.19 bits per heavy atom. The molecule has 0 saturated carbocycles. The van der Waals surface area contributed by atoms with Crippen LogP contribution in [0, 0.1) is 0 Å². The van der Waals surface area contributed by atoms with Crippen molar-refractivity contribution in [3.05, 3.63) is 0 Å². The summed E-state index contributed by atoms with van der Waals surface area (Å²) >= 11 is 0. The Balaban J connectivity index is 4.76. The van der Waals surface area contributed by atoms with Gasteiger partial charge in [-0.25, -0.2) is 0 Å². The molecule has 0 amide bonds. The maximum absolute atomic E-state index is 10.5. The van der Waals surface area contributed by atoms with Crippen LogP contribution in [0.3, 0.4) is 0 Å². The van der Waals surface area contributed by atoms with E-state index in [2.05, 4.69) is 0 Å². The van der Waals surface area contributed by atoms with Gasteiger partial charge < -0.3 is 0 Å². The van der Waals surface area contributed by atoms with Crippen LogP contribution in [0.4, 0.5) is 0 Å².